The van der Waals surface area contributed by atoms with Gasteiger partial charge in [-0.15, -0.1) is 0 Å². The summed E-state index contributed by atoms with van der Waals surface area (Å²) in [7, 11) is -3.42. The molecule has 0 heterocycles. The molecule has 0 unspecified atom stereocenters. The van der Waals surface area contributed by atoms with Crippen molar-refractivity contribution in [2.24, 2.45) is 0 Å². The Labute approximate surface area is 156 Å². The molecule has 0 aliphatic carbocycles. The van der Waals surface area contributed by atoms with E-state index in [0.717, 1.165) is 23.1 Å². The predicted molar refractivity (Wildman–Crippen MR) is 106 cm³/mol. The average molecular weight is 375 g/mol. The van der Waals surface area contributed by atoms with E-state index in [1.807, 2.05) is 50.2 Å². The Hall–Kier alpha value is -2.34. The van der Waals surface area contributed by atoms with E-state index in [4.69, 9.17) is 0 Å². The van der Waals surface area contributed by atoms with Gasteiger partial charge in [-0.05, 0) is 36.6 Å². The summed E-state index contributed by atoms with van der Waals surface area (Å²) in [5.41, 5.74) is 3.80. The topological polar surface area (TPSA) is 66.5 Å². The highest BCUT2D eigenvalue weighted by atomic mass is 32.2. The number of carbonyl (C=O) groups excluding carboxylic acids is 1. The highest BCUT2D eigenvalue weighted by Gasteiger charge is 2.17. The largest absolute Gasteiger partial charge is 0.354 e. The van der Waals surface area contributed by atoms with Gasteiger partial charge in [0.25, 0.3) is 0 Å². The molecule has 140 valence electrons. The number of benzene rings is 2. The van der Waals surface area contributed by atoms with Crippen LogP contribution < -0.4 is 9.62 Å². The molecule has 0 saturated carbocycles. The molecule has 0 radical (unpaired) electrons. The van der Waals surface area contributed by atoms with Crippen molar-refractivity contribution in [2.75, 3.05) is 23.7 Å². The molecule has 0 aliphatic heterocycles. The number of nitrogens with one attached hydrogen (secondary N) is 1. The number of rotatable bonds is 8. The lowest BCUT2D eigenvalue weighted by Crippen LogP contribution is -2.38. The number of amides is 1. The van der Waals surface area contributed by atoms with Gasteiger partial charge < -0.3 is 5.32 Å². The molecule has 6 heteroatoms. The number of hydrogen-bond donors (Lipinski definition) is 1. The molecule has 0 aromatic heterocycles. The molecule has 0 spiro atoms. The standard InChI is InChI=1S/C20H26N2O3S/c1-4-17-8-10-19(11-9-17)22(26(3,24)25)13-12-21-20(23)15-18-7-5-6-16(2)14-18/h5-11,14H,4,12-13,15H2,1-3H3,(H,21,23). The molecule has 2 aromatic carbocycles. The van der Waals surface area contributed by atoms with Crippen LogP contribution >= 0.6 is 0 Å². The molecule has 1 N–H and O–H groups in total. The first kappa shape index (κ1) is 20.0. The number of sulfonamides is 1. The number of carbonyl (C=O) groups is 1. The fraction of sp³-hybridized carbons (Fsp3) is 0.350. The van der Waals surface area contributed by atoms with Crippen molar-refractivity contribution in [3.8, 4) is 0 Å². The Morgan fingerprint density at radius 2 is 1.77 bits per heavy atom. The average Bonchev–Trinajstić information content (AvgIpc) is 2.58. The molecule has 0 saturated heterocycles. The maximum atomic E-state index is 12.1. The van der Waals surface area contributed by atoms with Crippen LogP contribution in [0, 0.1) is 6.92 Å². The molecule has 2 aromatic rings. The second kappa shape index (κ2) is 8.85. The minimum absolute atomic E-state index is 0.120. The van der Waals surface area contributed by atoms with Gasteiger partial charge in [-0.2, -0.15) is 0 Å². The van der Waals surface area contributed by atoms with E-state index in [2.05, 4.69) is 5.32 Å². The molecular weight excluding hydrogens is 348 g/mol. The zero-order valence-electron chi connectivity index (χ0n) is 15.5. The van der Waals surface area contributed by atoms with E-state index >= 15 is 0 Å². The normalized spacial score (nSPS) is 11.2. The molecule has 2 rings (SSSR count). The Bertz CT molecular complexity index is 846. The summed E-state index contributed by atoms with van der Waals surface area (Å²) < 4.78 is 25.5. The van der Waals surface area contributed by atoms with E-state index in [9.17, 15) is 13.2 Å². The van der Waals surface area contributed by atoms with E-state index < -0.39 is 10.0 Å². The lowest BCUT2D eigenvalue weighted by atomic mass is 10.1. The molecule has 0 atom stereocenters. The molecule has 0 bridgehead atoms. The van der Waals surface area contributed by atoms with E-state index in [1.54, 1.807) is 12.1 Å². The maximum Gasteiger partial charge on any atom is 0.232 e. The van der Waals surface area contributed by atoms with Crippen LogP contribution in [0.25, 0.3) is 0 Å². The van der Waals surface area contributed by atoms with Crippen molar-refractivity contribution in [3.63, 3.8) is 0 Å². The first-order chi connectivity index (χ1) is 12.3. The fourth-order valence-corrected chi connectivity index (χ4v) is 3.68. The molecule has 1 amide bonds. The van der Waals surface area contributed by atoms with Gasteiger partial charge in [0.15, 0.2) is 0 Å². The van der Waals surface area contributed by atoms with Crippen molar-refractivity contribution in [2.45, 2.75) is 26.7 Å². The first-order valence-corrected chi connectivity index (χ1v) is 10.5. The molecule has 5 nitrogen and oxygen atoms in total. The molecular formula is C20H26N2O3S. The minimum Gasteiger partial charge on any atom is -0.354 e. The van der Waals surface area contributed by atoms with Gasteiger partial charge in [-0.25, -0.2) is 8.42 Å². The first-order valence-electron chi connectivity index (χ1n) is 8.68. The highest BCUT2D eigenvalue weighted by molar-refractivity contribution is 7.92. The Balaban J connectivity index is 1.96. The lowest BCUT2D eigenvalue weighted by molar-refractivity contribution is -0.120. The zero-order chi connectivity index (χ0) is 19.2. The van der Waals surface area contributed by atoms with Gasteiger partial charge in [0.2, 0.25) is 15.9 Å². The van der Waals surface area contributed by atoms with Crippen molar-refractivity contribution in [1.29, 1.82) is 0 Å². The third-order valence-electron chi connectivity index (χ3n) is 4.12. The Kier molecular flexibility index (Phi) is 6.80. The van der Waals surface area contributed by atoms with Crippen LogP contribution in [0.2, 0.25) is 0 Å². The van der Waals surface area contributed by atoms with Crippen LogP contribution in [0.5, 0.6) is 0 Å². The summed E-state index contributed by atoms with van der Waals surface area (Å²) in [5, 5.41) is 2.80. The SMILES string of the molecule is CCc1ccc(N(CCNC(=O)Cc2cccc(C)c2)S(C)(=O)=O)cc1. The minimum atomic E-state index is -3.42. The number of hydrogen-bond acceptors (Lipinski definition) is 3. The van der Waals surface area contributed by atoms with Crippen molar-refractivity contribution < 1.29 is 13.2 Å². The van der Waals surface area contributed by atoms with Gasteiger partial charge >= 0.3 is 0 Å². The summed E-state index contributed by atoms with van der Waals surface area (Å²) in [6.45, 7) is 4.49. The van der Waals surface area contributed by atoms with Gasteiger partial charge in [0.05, 0.1) is 24.9 Å². The summed E-state index contributed by atoms with van der Waals surface area (Å²) in [6.07, 6.45) is 2.36. The second-order valence-electron chi connectivity index (χ2n) is 6.37. The van der Waals surface area contributed by atoms with Crippen LogP contribution in [0.3, 0.4) is 0 Å². The monoisotopic (exact) mass is 374 g/mol. The summed E-state index contributed by atoms with van der Waals surface area (Å²) in [5.74, 6) is -0.120. The van der Waals surface area contributed by atoms with Gasteiger partial charge in [-0.3, -0.25) is 9.10 Å². The van der Waals surface area contributed by atoms with Gasteiger partial charge in [-0.1, -0.05) is 48.9 Å². The summed E-state index contributed by atoms with van der Waals surface area (Å²) in [4.78, 5) is 12.1. The number of nitrogens with zero attached hydrogens (tertiary/aromatic N) is 1. The Morgan fingerprint density at radius 3 is 2.35 bits per heavy atom. The highest BCUT2D eigenvalue weighted by Crippen LogP contribution is 2.18. The van der Waals surface area contributed by atoms with Crippen molar-refractivity contribution in [3.05, 3.63) is 65.2 Å². The zero-order valence-corrected chi connectivity index (χ0v) is 16.3. The lowest BCUT2D eigenvalue weighted by Gasteiger charge is -2.22. The van der Waals surface area contributed by atoms with Crippen molar-refractivity contribution >= 4 is 21.6 Å². The van der Waals surface area contributed by atoms with Gasteiger partial charge in [0.1, 0.15) is 0 Å². The molecule has 26 heavy (non-hydrogen) atoms. The van der Waals surface area contributed by atoms with Crippen LogP contribution in [0.15, 0.2) is 48.5 Å². The third kappa shape index (κ3) is 5.88. The fourth-order valence-electron chi connectivity index (χ4n) is 2.75. The quantitative estimate of drug-likeness (QED) is 0.772. The molecule has 0 fully saturated rings. The maximum absolute atomic E-state index is 12.1. The number of anilines is 1. The van der Waals surface area contributed by atoms with E-state index in [0.29, 0.717) is 5.69 Å². The van der Waals surface area contributed by atoms with Crippen LogP contribution in [0.1, 0.15) is 23.6 Å². The predicted octanol–water partition coefficient (Wildman–Crippen LogP) is 2.68. The van der Waals surface area contributed by atoms with Crippen LogP contribution in [-0.4, -0.2) is 33.7 Å². The van der Waals surface area contributed by atoms with E-state index in [-0.39, 0.29) is 25.4 Å². The van der Waals surface area contributed by atoms with Gasteiger partial charge in [0, 0.05) is 6.54 Å². The van der Waals surface area contributed by atoms with Crippen LogP contribution in [0.4, 0.5) is 5.69 Å². The second-order valence-corrected chi connectivity index (χ2v) is 8.28. The third-order valence-corrected chi connectivity index (χ3v) is 5.31. The van der Waals surface area contributed by atoms with Crippen LogP contribution in [-0.2, 0) is 27.7 Å². The number of aryl methyl sites for hydroxylation is 2. The smallest absolute Gasteiger partial charge is 0.232 e. The Morgan fingerprint density at radius 1 is 1.08 bits per heavy atom. The summed E-state index contributed by atoms with van der Waals surface area (Å²) >= 11 is 0. The molecule has 0 aliphatic rings. The van der Waals surface area contributed by atoms with Crippen molar-refractivity contribution in [1.82, 2.24) is 5.32 Å². The summed E-state index contributed by atoms with van der Waals surface area (Å²) in [6, 6.07) is 15.2. The van der Waals surface area contributed by atoms with E-state index in [1.165, 1.54) is 10.6 Å².